The SMILES string of the molecule is COc1ccc(OCCCC(F)(F)C(F)(F)C(F)(F)C(F)(F)C(F)(F)C(F)(F)F)cc1. The van der Waals surface area contributed by atoms with E-state index in [1.807, 2.05) is 0 Å². The van der Waals surface area contributed by atoms with Gasteiger partial charge in [0.15, 0.2) is 0 Å². The van der Waals surface area contributed by atoms with Gasteiger partial charge in [0.25, 0.3) is 0 Å². The Morgan fingerprint density at radius 2 is 1.03 bits per heavy atom. The molecule has 0 heterocycles. The minimum atomic E-state index is -7.88. The third-order valence-electron chi connectivity index (χ3n) is 3.96. The van der Waals surface area contributed by atoms with Crippen LogP contribution in [0.2, 0.25) is 0 Å². The monoisotopic (exact) mass is 484 g/mol. The van der Waals surface area contributed by atoms with Crippen molar-refractivity contribution in [3.63, 3.8) is 0 Å². The largest absolute Gasteiger partial charge is 0.497 e. The number of rotatable bonds is 10. The standard InChI is InChI=1S/C16H13F13O2/c1-30-9-3-5-10(6-4-9)31-8-2-7-11(17,18)12(19,20)13(21,22)14(23,24)15(25,26)16(27,28)29/h3-6H,2,7-8H2,1H3. The fourth-order valence-corrected chi connectivity index (χ4v) is 2.12. The Hall–Kier alpha value is -2.09. The van der Waals surface area contributed by atoms with E-state index < -0.39 is 55.2 Å². The van der Waals surface area contributed by atoms with Gasteiger partial charge in [-0.2, -0.15) is 57.1 Å². The maximum absolute atomic E-state index is 13.6. The third kappa shape index (κ3) is 4.73. The minimum Gasteiger partial charge on any atom is -0.497 e. The van der Waals surface area contributed by atoms with E-state index >= 15 is 0 Å². The fraction of sp³-hybridized carbons (Fsp3) is 0.625. The summed E-state index contributed by atoms with van der Waals surface area (Å²) in [6.07, 6.45) is -10.9. The van der Waals surface area contributed by atoms with Gasteiger partial charge in [-0.25, -0.2) is 0 Å². The van der Waals surface area contributed by atoms with Crippen molar-refractivity contribution >= 4 is 0 Å². The van der Waals surface area contributed by atoms with Crippen LogP contribution >= 0.6 is 0 Å². The van der Waals surface area contributed by atoms with Gasteiger partial charge in [0.2, 0.25) is 0 Å². The molecule has 1 rings (SSSR count). The number of methoxy groups -OCH3 is 1. The Balaban J connectivity index is 2.95. The molecule has 15 heteroatoms. The molecular formula is C16H13F13O2. The molecule has 0 amide bonds. The molecule has 180 valence electrons. The number of ether oxygens (including phenoxy) is 2. The van der Waals surface area contributed by atoms with Gasteiger partial charge in [0.05, 0.1) is 13.7 Å². The molecular weight excluding hydrogens is 471 g/mol. The Morgan fingerprint density at radius 1 is 0.613 bits per heavy atom. The second kappa shape index (κ2) is 8.45. The zero-order valence-corrected chi connectivity index (χ0v) is 15.2. The quantitative estimate of drug-likeness (QED) is 0.276. The Morgan fingerprint density at radius 3 is 1.45 bits per heavy atom. The highest BCUT2D eigenvalue weighted by Crippen LogP contribution is 2.60. The molecule has 0 saturated heterocycles. The van der Waals surface area contributed by atoms with Gasteiger partial charge < -0.3 is 9.47 Å². The molecule has 2 nitrogen and oxygen atoms in total. The van der Waals surface area contributed by atoms with Gasteiger partial charge in [-0.1, -0.05) is 0 Å². The van der Waals surface area contributed by atoms with Crippen LogP contribution in [0.25, 0.3) is 0 Å². The van der Waals surface area contributed by atoms with Gasteiger partial charge in [-0.3, -0.25) is 0 Å². The van der Waals surface area contributed by atoms with Crippen molar-refractivity contribution in [2.24, 2.45) is 0 Å². The number of alkyl halides is 13. The second-order valence-corrected chi connectivity index (χ2v) is 6.13. The lowest BCUT2D eigenvalue weighted by molar-refractivity contribution is -0.440. The van der Waals surface area contributed by atoms with Crippen molar-refractivity contribution in [3.8, 4) is 11.5 Å². The minimum absolute atomic E-state index is 0.0161. The number of halogens is 13. The van der Waals surface area contributed by atoms with Crippen LogP contribution in [0.1, 0.15) is 12.8 Å². The summed E-state index contributed by atoms with van der Waals surface area (Å²) in [4.78, 5) is 0. The zero-order chi connectivity index (χ0) is 24.5. The third-order valence-corrected chi connectivity index (χ3v) is 3.96. The highest BCUT2D eigenvalue weighted by Gasteiger charge is 2.90. The van der Waals surface area contributed by atoms with Gasteiger partial charge in [-0.15, -0.1) is 0 Å². The van der Waals surface area contributed by atoms with Crippen LogP contribution in [0.3, 0.4) is 0 Å². The van der Waals surface area contributed by atoms with Crippen LogP contribution in [0.4, 0.5) is 57.1 Å². The first-order valence-electron chi connectivity index (χ1n) is 7.99. The molecule has 0 bridgehead atoms. The van der Waals surface area contributed by atoms with Gasteiger partial charge in [-0.05, 0) is 30.7 Å². The van der Waals surface area contributed by atoms with E-state index in [1.165, 1.54) is 31.4 Å². The van der Waals surface area contributed by atoms with Crippen LogP contribution in [0.5, 0.6) is 11.5 Å². The molecule has 0 radical (unpaired) electrons. The van der Waals surface area contributed by atoms with Crippen LogP contribution in [-0.2, 0) is 0 Å². The number of hydrogen-bond donors (Lipinski definition) is 0. The molecule has 0 N–H and O–H groups in total. The lowest BCUT2D eigenvalue weighted by atomic mass is 9.92. The van der Waals surface area contributed by atoms with E-state index in [0.29, 0.717) is 5.75 Å². The summed E-state index contributed by atoms with van der Waals surface area (Å²) in [5.74, 6) is -36.4. The number of benzene rings is 1. The molecule has 0 spiro atoms. The van der Waals surface area contributed by atoms with Crippen LogP contribution < -0.4 is 9.47 Å². The van der Waals surface area contributed by atoms with E-state index in [9.17, 15) is 57.1 Å². The van der Waals surface area contributed by atoms with E-state index in [2.05, 4.69) is 0 Å². The predicted molar refractivity (Wildman–Crippen MR) is 78.5 cm³/mol. The first-order valence-corrected chi connectivity index (χ1v) is 7.99. The highest BCUT2D eigenvalue weighted by atomic mass is 19.4. The average molecular weight is 484 g/mol. The molecule has 0 aliphatic rings. The molecule has 1 aromatic rings. The van der Waals surface area contributed by atoms with Crippen molar-refractivity contribution < 1.29 is 66.5 Å². The normalized spacial score (nSPS) is 14.5. The first-order chi connectivity index (χ1) is 13.8. The van der Waals surface area contributed by atoms with E-state index in [1.54, 1.807) is 0 Å². The molecule has 0 fully saturated rings. The molecule has 0 saturated carbocycles. The summed E-state index contributed by atoms with van der Waals surface area (Å²) in [6, 6.07) is 5.14. The topological polar surface area (TPSA) is 18.5 Å². The zero-order valence-electron chi connectivity index (χ0n) is 15.2. The summed E-state index contributed by atoms with van der Waals surface area (Å²) in [7, 11) is 1.31. The van der Waals surface area contributed by atoms with Crippen molar-refractivity contribution in [3.05, 3.63) is 24.3 Å². The number of hydrogen-bond acceptors (Lipinski definition) is 2. The Labute approximate surface area is 165 Å². The van der Waals surface area contributed by atoms with Crippen LogP contribution in [0, 0.1) is 0 Å². The van der Waals surface area contributed by atoms with Crippen molar-refractivity contribution in [2.75, 3.05) is 13.7 Å². The Bertz CT molecular complexity index is 726. The summed E-state index contributed by atoms with van der Waals surface area (Å²) in [5.41, 5.74) is 0. The maximum atomic E-state index is 13.6. The average Bonchev–Trinajstić information content (AvgIpc) is 2.64. The van der Waals surface area contributed by atoms with E-state index in [0.717, 1.165) is 0 Å². The summed E-state index contributed by atoms with van der Waals surface area (Å²) in [5, 5.41) is 0. The molecule has 0 aliphatic heterocycles. The predicted octanol–water partition coefficient (Wildman–Crippen LogP) is 6.59. The molecule has 0 atom stereocenters. The van der Waals surface area contributed by atoms with Gasteiger partial charge in [0, 0.05) is 6.42 Å². The summed E-state index contributed by atoms with van der Waals surface area (Å²) >= 11 is 0. The van der Waals surface area contributed by atoms with Crippen LogP contribution in [0.15, 0.2) is 24.3 Å². The van der Waals surface area contributed by atoms with Crippen LogP contribution in [-0.4, -0.2) is 49.5 Å². The molecule has 0 aromatic heterocycles. The smallest absolute Gasteiger partial charge is 0.460 e. The van der Waals surface area contributed by atoms with Crippen molar-refractivity contribution in [1.82, 2.24) is 0 Å². The second-order valence-electron chi connectivity index (χ2n) is 6.13. The lowest BCUT2D eigenvalue weighted by Gasteiger charge is -2.39. The summed E-state index contributed by atoms with van der Waals surface area (Å²) in [6.45, 7) is -0.835. The van der Waals surface area contributed by atoms with Crippen molar-refractivity contribution in [1.29, 1.82) is 0 Å². The van der Waals surface area contributed by atoms with Crippen molar-refractivity contribution in [2.45, 2.75) is 48.6 Å². The molecule has 0 unspecified atom stereocenters. The Kier molecular flexibility index (Phi) is 7.34. The lowest BCUT2D eigenvalue weighted by Crippen LogP contribution is -2.70. The van der Waals surface area contributed by atoms with Gasteiger partial charge in [0.1, 0.15) is 11.5 Å². The molecule has 31 heavy (non-hydrogen) atoms. The van der Waals surface area contributed by atoms with E-state index in [-0.39, 0.29) is 5.75 Å². The molecule has 0 aliphatic carbocycles. The maximum Gasteiger partial charge on any atom is 0.460 e. The molecule has 1 aromatic carbocycles. The fourth-order valence-electron chi connectivity index (χ4n) is 2.12. The highest BCUT2D eigenvalue weighted by molar-refractivity contribution is 5.31. The summed E-state index contributed by atoms with van der Waals surface area (Å²) < 4.78 is 178. The van der Waals surface area contributed by atoms with E-state index in [4.69, 9.17) is 9.47 Å². The first kappa shape index (κ1) is 26.9. The van der Waals surface area contributed by atoms with Gasteiger partial charge >= 0.3 is 35.8 Å².